The highest BCUT2D eigenvalue weighted by Crippen LogP contribution is 2.27. The SMILES string of the molecule is CC(C)c1ccc(NC2Cc3ccc(Cl)cc3C2)cc1. The van der Waals surface area contributed by atoms with E-state index in [-0.39, 0.29) is 0 Å². The van der Waals surface area contributed by atoms with Crippen molar-refractivity contribution in [1.82, 2.24) is 0 Å². The molecule has 1 aliphatic rings. The molecule has 0 aromatic heterocycles. The maximum Gasteiger partial charge on any atom is 0.0408 e. The van der Waals surface area contributed by atoms with Gasteiger partial charge >= 0.3 is 0 Å². The smallest absolute Gasteiger partial charge is 0.0408 e. The second-order valence-electron chi connectivity index (χ2n) is 5.94. The number of halogens is 1. The second kappa shape index (κ2) is 5.49. The number of fused-ring (bicyclic) bond motifs is 1. The van der Waals surface area contributed by atoms with Crippen LogP contribution in [0.1, 0.15) is 36.5 Å². The van der Waals surface area contributed by atoms with Crippen LogP contribution in [0.5, 0.6) is 0 Å². The third kappa shape index (κ3) is 2.83. The first-order chi connectivity index (χ1) is 9.61. The van der Waals surface area contributed by atoms with Crippen molar-refractivity contribution in [3.63, 3.8) is 0 Å². The fourth-order valence-electron chi connectivity index (χ4n) is 2.89. The van der Waals surface area contributed by atoms with E-state index in [4.69, 9.17) is 11.6 Å². The molecule has 0 saturated carbocycles. The lowest BCUT2D eigenvalue weighted by Gasteiger charge is -2.14. The quantitative estimate of drug-likeness (QED) is 0.833. The van der Waals surface area contributed by atoms with E-state index in [9.17, 15) is 0 Å². The van der Waals surface area contributed by atoms with E-state index in [1.165, 1.54) is 22.4 Å². The lowest BCUT2D eigenvalue weighted by atomic mass is 10.0. The third-order valence-corrected chi connectivity index (χ3v) is 4.28. The molecule has 0 heterocycles. The Kier molecular flexibility index (Phi) is 3.71. The molecule has 1 unspecified atom stereocenters. The summed E-state index contributed by atoms with van der Waals surface area (Å²) in [6.45, 7) is 4.44. The van der Waals surface area contributed by atoms with Crippen LogP contribution in [0.15, 0.2) is 42.5 Å². The molecule has 1 N–H and O–H groups in total. The predicted molar refractivity (Wildman–Crippen MR) is 86.8 cm³/mol. The van der Waals surface area contributed by atoms with Gasteiger partial charge in [-0.2, -0.15) is 0 Å². The average molecular weight is 286 g/mol. The summed E-state index contributed by atoms with van der Waals surface area (Å²) in [7, 11) is 0. The summed E-state index contributed by atoms with van der Waals surface area (Å²) in [6, 6.07) is 15.5. The van der Waals surface area contributed by atoms with Crippen molar-refractivity contribution < 1.29 is 0 Å². The molecule has 2 aromatic rings. The Hall–Kier alpha value is -1.47. The van der Waals surface area contributed by atoms with Crippen molar-refractivity contribution in [3.05, 3.63) is 64.2 Å². The fourth-order valence-corrected chi connectivity index (χ4v) is 3.08. The molecule has 2 heteroatoms. The van der Waals surface area contributed by atoms with Gasteiger partial charge in [-0.1, -0.05) is 43.6 Å². The van der Waals surface area contributed by atoms with Crippen LogP contribution in [0, 0.1) is 0 Å². The van der Waals surface area contributed by atoms with Gasteiger partial charge in [-0.25, -0.2) is 0 Å². The molecule has 0 fully saturated rings. The highest BCUT2D eigenvalue weighted by molar-refractivity contribution is 6.30. The van der Waals surface area contributed by atoms with Crippen LogP contribution in [0.3, 0.4) is 0 Å². The Bertz CT molecular complexity index is 601. The molecule has 0 saturated heterocycles. The summed E-state index contributed by atoms with van der Waals surface area (Å²) in [6.07, 6.45) is 2.14. The molecule has 0 amide bonds. The van der Waals surface area contributed by atoms with E-state index >= 15 is 0 Å². The maximum absolute atomic E-state index is 6.06. The van der Waals surface area contributed by atoms with E-state index in [1.54, 1.807) is 0 Å². The van der Waals surface area contributed by atoms with Gasteiger partial charge in [0.1, 0.15) is 0 Å². The summed E-state index contributed by atoms with van der Waals surface area (Å²) < 4.78 is 0. The second-order valence-corrected chi connectivity index (χ2v) is 6.38. The van der Waals surface area contributed by atoms with E-state index in [2.05, 4.69) is 55.6 Å². The monoisotopic (exact) mass is 285 g/mol. The standard InChI is InChI=1S/C18H20ClN/c1-12(2)13-4-7-17(8-5-13)20-18-10-14-3-6-16(19)9-15(14)11-18/h3-9,12,18,20H,10-11H2,1-2H3. The fraction of sp³-hybridized carbons (Fsp3) is 0.333. The van der Waals surface area contributed by atoms with Crippen molar-refractivity contribution in [3.8, 4) is 0 Å². The van der Waals surface area contributed by atoms with E-state index in [0.717, 1.165) is 17.9 Å². The zero-order valence-corrected chi connectivity index (χ0v) is 12.7. The molecule has 0 bridgehead atoms. The molecular weight excluding hydrogens is 266 g/mol. The van der Waals surface area contributed by atoms with Gasteiger partial charge < -0.3 is 5.32 Å². The van der Waals surface area contributed by atoms with Gasteiger partial charge in [0.25, 0.3) is 0 Å². The summed E-state index contributed by atoms with van der Waals surface area (Å²) in [5.41, 5.74) is 5.40. The minimum atomic E-state index is 0.480. The highest BCUT2D eigenvalue weighted by atomic mass is 35.5. The van der Waals surface area contributed by atoms with Crippen LogP contribution in [-0.4, -0.2) is 6.04 Å². The number of hydrogen-bond acceptors (Lipinski definition) is 1. The molecule has 1 nitrogen and oxygen atoms in total. The minimum Gasteiger partial charge on any atom is -0.382 e. The van der Waals surface area contributed by atoms with Crippen LogP contribution < -0.4 is 5.32 Å². The van der Waals surface area contributed by atoms with Crippen LogP contribution in [0.2, 0.25) is 5.02 Å². The van der Waals surface area contributed by atoms with Gasteiger partial charge in [0, 0.05) is 16.8 Å². The number of rotatable bonds is 3. The number of benzene rings is 2. The summed E-state index contributed by atoms with van der Waals surface area (Å²) in [4.78, 5) is 0. The van der Waals surface area contributed by atoms with Crippen molar-refractivity contribution in [1.29, 1.82) is 0 Å². The molecule has 0 aliphatic heterocycles. The van der Waals surface area contributed by atoms with Crippen molar-refractivity contribution >= 4 is 17.3 Å². The zero-order chi connectivity index (χ0) is 14.1. The lowest BCUT2D eigenvalue weighted by Crippen LogP contribution is -2.19. The Morgan fingerprint density at radius 2 is 1.70 bits per heavy atom. The van der Waals surface area contributed by atoms with E-state index < -0.39 is 0 Å². The van der Waals surface area contributed by atoms with E-state index in [1.807, 2.05) is 6.07 Å². The first-order valence-electron chi connectivity index (χ1n) is 7.25. The molecule has 104 valence electrons. The largest absolute Gasteiger partial charge is 0.382 e. The Morgan fingerprint density at radius 1 is 1.00 bits per heavy atom. The lowest BCUT2D eigenvalue weighted by molar-refractivity contribution is 0.774. The van der Waals surface area contributed by atoms with Crippen LogP contribution >= 0.6 is 11.6 Å². The molecule has 1 atom stereocenters. The van der Waals surface area contributed by atoms with E-state index in [0.29, 0.717) is 12.0 Å². The molecule has 3 rings (SSSR count). The van der Waals surface area contributed by atoms with Crippen LogP contribution in [0.25, 0.3) is 0 Å². The van der Waals surface area contributed by atoms with Crippen molar-refractivity contribution in [2.75, 3.05) is 5.32 Å². The topological polar surface area (TPSA) is 12.0 Å². The average Bonchev–Trinajstić information content (AvgIpc) is 2.80. The number of nitrogens with one attached hydrogen (secondary N) is 1. The first-order valence-corrected chi connectivity index (χ1v) is 7.63. The maximum atomic E-state index is 6.06. The predicted octanol–water partition coefficient (Wildman–Crippen LogP) is 5.04. The summed E-state index contributed by atoms with van der Waals surface area (Å²) >= 11 is 6.06. The molecule has 2 aromatic carbocycles. The molecular formula is C18H20ClN. The number of anilines is 1. The highest BCUT2D eigenvalue weighted by Gasteiger charge is 2.21. The van der Waals surface area contributed by atoms with Crippen molar-refractivity contribution in [2.24, 2.45) is 0 Å². The third-order valence-electron chi connectivity index (χ3n) is 4.05. The number of hydrogen-bond donors (Lipinski definition) is 1. The van der Waals surface area contributed by atoms with Gasteiger partial charge in [-0.05, 0) is 59.7 Å². The van der Waals surface area contributed by atoms with Gasteiger partial charge in [0.2, 0.25) is 0 Å². The van der Waals surface area contributed by atoms with Gasteiger partial charge in [0.05, 0.1) is 0 Å². The van der Waals surface area contributed by atoms with Crippen molar-refractivity contribution in [2.45, 2.75) is 38.6 Å². The summed E-state index contributed by atoms with van der Waals surface area (Å²) in [5, 5.41) is 4.47. The van der Waals surface area contributed by atoms with Gasteiger partial charge in [-0.15, -0.1) is 0 Å². The Balaban J connectivity index is 1.68. The normalized spacial score (nSPS) is 17.3. The molecule has 1 aliphatic carbocycles. The summed E-state index contributed by atoms with van der Waals surface area (Å²) in [5.74, 6) is 0.585. The van der Waals surface area contributed by atoms with Crippen LogP contribution in [0.4, 0.5) is 5.69 Å². The minimum absolute atomic E-state index is 0.480. The molecule has 0 spiro atoms. The first kappa shape index (κ1) is 13.5. The molecule has 20 heavy (non-hydrogen) atoms. The Labute approximate surface area is 126 Å². The molecule has 0 radical (unpaired) electrons. The van der Waals surface area contributed by atoms with Crippen LogP contribution in [-0.2, 0) is 12.8 Å². The van der Waals surface area contributed by atoms with Gasteiger partial charge in [0.15, 0.2) is 0 Å². The van der Waals surface area contributed by atoms with Gasteiger partial charge in [-0.3, -0.25) is 0 Å². The zero-order valence-electron chi connectivity index (χ0n) is 12.0. The Morgan fingerprint density at radius 3 is 2.40 bits per heavy atom.